The lowest BCUT2D eigenvalue weighted by Gasteiger charge is -2.23. The van der Waals surface area contributed by atoms with Gasteiger partial charge < -0.3 is 14.5 Å². The maximum absolute atomic E-state index is 13.4. The Kier molecular flexibility index (Phi) is 3.42. The van der Waals surface area contributed by atoms with Crippen LogP contribution in [-0.4, -0.2) is 38.7 Å². The van der Waals surface area contributed by atoms with Crippen LogP contribution in [0.2, 0.25) is 0 Å². The first-order valence-electron chi connectivity index (χ1n) is 6.59. The standard InChI is InChI=1S/C14H14FN3O3/c1-8-16-13(17-21-8)14(20)18-7-11(19)6-12(18)9-3-2-4-10(15)5-9/h2-5,11-12,19H,6-7H2,1H3. The zero-order valence-electron chi connectivity index (χ0n) is 11.4. The first kappa shape index (κ1) is 13.7. The number of aromatic nitrogens is 2. The zero-order valence-corrected chi connectivity index (χ0v) is 11.4. The predicted octanol–water partition coefficient (Wildman–Crippen LogP) is 1.47. The molecule has 0 bridgehead atoms. The van der Waals surface area contributed by atoms with Crippen LogP contribution in [-0.2, 0) is 0 Å². The third-order valence-electron chi connectivity index (χ3n) is 3.49. The second kappa shape index (κ2) is 5.25. The van der Waals surface area contributed by atoms with E-state index in [2.05, 4.69) is 10.1 Å². The van der Waals surface area contributed by atoms with Crippen molar-refractivity contribution in [1.29, 1.82) is 0 Å². The van der Waals surface area contributed by atoms with Crippen LogP contribution in [0.25, 0.3) is 0 Å². The smallest absolute Gasteiger partial charge is 0.295 e. The number of nitrogens with zero attached hydrogens (tertiary/aromatic N) is 3. The van der Waals surface area contributed by atoms with Crippen molar-refractivity contribution in [1.82, 2.24) is 15.0 Å². The molecule has 1 aromatic carbocycles. The molecule has 0 radical (unpaired) electrons. The van der Waals surface area contributed by atoms with E-state index in [-0.39, 0.29) is 18.2 Å². The predicted molar refractivity (Wildman–Crippen MR) is 69.8 cm³/mol. The number of β-amino-alcohol motifs (C(OH)–C–C–N with tert-alkyl or cyclic N) is 1. The van der Waals surface area contributed by atoms with Gasteiger partial charge in [0.15, 0.2) is 0 Å². The quantitative estimate of drug-likeness (QED) is 0.906. The molecule has 3 rings (SSSR count). The summed E-state index contributed by atoms with van der Waals surface area (Å²) >= 11 is 0. The van der Waals surface area contributed by atoms with Gasteiger partial charge in [0.2, 0.25) is 5.89 Å². The monoisotopic (exact) mass is 291 g/mol. The van der Waals surface area contributed by atoms with Crippen molar-refractivity contribution in [2.45, 2.75) is 25.5 Å². The fraction of sp³-hybridized carbons (Fsp3) is 0.357. The Morgan fingerprint density at radius 2 is 2.33 bits per heavy atom. The molecule has 1 fully saturated rings. The number of amides is 1. The third kappa shape index (κ3) is 2.64. The summed E-state index contributed by atoms with van der Waals surface area (Å²) in [4.78, 5) is 17.8. The summed E-state index contributed by atoms with van der Waals surface area (Å²) in [6.45, 7) is 1.75. The molecule has 0 aliphatic carbocycles. The number of aliphatic hydroxyl groups excluding tert-OH is 1. The van der Waals surface area contributed by atoms with Crippen molar-refractivity contribution in [3.05, 3.63) is 47.4 Å². The fourth-order valence-electron chi connectivity index (χ4n) is 2.58. The molecule has 2 atom stereocenters. The molecule has 6 nitrogen and oxygen atoms in total. The summed E-state index contributed by atoms with van der Waals surface area (Å²) in [6, 6.07) is 5.61. The molecule has 1 aromatic heterocycles. The molecule has 0 spiro atoms. The third-order valence-corrected chi connectivity index (χ3v) is 3.49. The van der Waals surface area contributed by atoms with Crippen LogP contribution in [0.3, 0.4) is 0 Å². The van der Waals surface area contributed by atoms with Crippen molar-refractivity contribution in [2.24, 2.45) is 0 Å². The lowest BCUT2D eigenvalue weighted by atomic mass is 10.0. The van der Waals surface area contributed by atoms with Gasteiger partial charge in [-0.1, -0.05) is 17.3 Å². The van der Waals surface area contributed by atoms with E-state index in [1.807, 2.05) is 0 Å². The number of rotatable bonds is 2. The van der Waals surface area contributed by atoms with E-state index in [1.165, 1.54) is 17.0 Å². The van der Waals surface area contributed by atoms with Crippen LogP contribution in [0, 0.1) is 12.7 Å². The van der Waals surface area contributed by atoms with E-state index in [9.17, 15) is 14.3 Å². The Bertz CT molecular complexity index is 673. The summed E-state index contributed by atoms with van der Waals surface area (Å²) in [5.74, 6) is -0.572. The maximum atomic E-state index is 13.4. The molecule has 2 heterocycles. The van der Waals surface area contributed by atoms with Gasteiger partial charge in [-0.3, -0.25) is 4.79 Å². The van der Waals surface area contributed by atoms with Crippen molar-refractivity contribution in [3.8, 4) is 0 Å². The lowest BCUT2D eigenvalue weighted by Crippen LogP contribution is -2.32. The van der Waals surface area contributed by atoms with Gasteiger partial charge >= 0.3 is 0 Å². The summed E-state index contributed by atoms with van der Waals surface area (Å²) < 4.78 is 18.2. The van der Waals surface area contributed by atoms with Crippen LogP contribution in [0.4, 0.5) is 4.39 Å². The maximum Gasteiger partial charge on any atom is 0.295 e. The van der Waals surface area contributed by atoms with Gasteiger partial charge in [0.05, 0.1) is 12.1 Å². The first-order chi connectivity index (χ1) is 10.0. The minimum atomic E-state index is -0.657. The number of benzene rings is 1. The van der Waals surface area contributed by atoms with Crippen molar-refractivity contribution < 1.29 is 18.8 Å². The van der Waals surface area contributed by atoms with E-state index in [4.69, 9.17) is 4.52 Å². The van der Waals surface area contributed by atoms with E-state index >= 15 is 0 Å². The Morgan fingerprint density at radius 1 is 1.52 bits per heavy atom. The van der Waals surface area contributed by atoms with Gasteiger partial charge in [-0.2, -0.15) is 4.98 Å². The Balaban J connectivity index is 1.91. The average Bonchev–Trinajstić information content (AvgIpc) is 3.04. The van der Waals surface area contributed by atoms with Gasteiger partial charge in [0.25, 0.3) is 11.7 Å². The molecule has 1 N–H and O–H groups in total. The van der Waals surface area contributed by atoms with Crippen LogP contribution in [0.15, 0.2) is 28.8 Å². The molecular weight excluding hydrogens is 277 g/mol. The molecule has 2 aromatic rings. The number of halogens is 1. The van der Waals surface area contributed by atoms with Gasteiger partial charge in [0, 0.05) is 13.5 Å². The molecule has 21 heavy (non-hydrogen) atoms. The average molecular weight is 291 g/mol. The van der Waals surface area contributed by atoms with E-state index in [0.717, 1.165) is 0 Å². The van der Waals surface area contributed by atoms with Crippen LogP contribution in [0.1, 0.15) is 34.5 Å². The van der Waals surface area contributed by atoms with Gasteiger partial charge in [-0.05, 0) is 24.1 Å². The Hall–Kier alpha value is -2.28. The fourth-order valence-corrected chi connectivity index (χ4v) is 2.58. The highest BCUT2D eigenvalue weighted by atomic mass is 19.1. The summed E-state index contributed by atoms with van der Waals surface area (Å²) in [7, 11) is 0. The van der Waals surface area contributed by atoms with Crippen molar-refractivity contribution in [2.75, 3.05) is 6.54 Å². The second-order valence-electron chi connectivity index (χ2n) is 5.05. The topological polar surface area (TPSA) is 79.5 Å². The SMILES string of the molecule is Cc1nc(C(=O)N2CC(O)CC2c2cccc(F)c2)no1. The number of carbonyl (C=O) groups is 1. The number of likely N-dealkylation sites (tertiary alicyclic amines) is 1. The molecule has 110 valence electrons. The summed E-state index contributed by atoms with van der Waals surface area (Å²) in [5.41, 5.74) is 0.639. The molecule has 2 unspecified atom stereocenters. The highest BCUT2D eigenvalue weighted by Gasteiger charge is 2.37. The first-order valence-corrected chi connectivity index (χ1v) is 6.59. The van der Waals surface area contributed by atoms with E-state index in [1.54, 1.807) is 19.1 Å². The van der Waals surface area contributed by atoms with Gasteiger partial charge in [-0.25, -0.2) is 4.39 Å². The number of aryl methyl sites for hydroxylation is 1. The number of aliphatic hydroxyl groups is 1. The molecular formula is C14H14FN3O3. The lowest BCUT2D eigenvalue weighted by molar-refractivity contribution is 0.0700. The number of carbonyl (C=O) groups excluding carboxylic acids is 1. The molecule has 1 saturated heterocycles. The number of hydrogen-bond acceptors (Lipinski definition) is 5. The molecule has 1 amide bonds. The van der Waals surface area contributed by atoms with Crippen molar-refractivity contribution >= 4 is 5.91 Å². The van der Waals surface area contributed by atoms with E-state index in [0.29, 0.717) is 17.9 Å². The van der Waals surface area contributed by atoms with Gasteiger partial charge in [-0.15, -0.1) is 0 Å². The molecule has 1 aliphatic rings. The van der Waals surface area contributed by atoms with Crippen LogP contribution in [0.5, 0.6) is 0 Å². The normalized spacial score (nSPS) is 21.8. The number of hydrogen-bond donors (Lipinski definition) is 1. The van der Waals surface area contributed by atoms with E-state index < -0.39 is 18.1 Å². The second-order valence-corrected chi connectivity index (χ2v) is 5.05. The summed E-state index contributed by atoms with van der Waals surface area (Å²) in [6.07, 6.45) is -0.304. The molecule has 1 aliphatic heterocycles. The molecule has 7 heteroatoms. The molecule has 0 saturated carbocycles. The van der Waals surface area contributed by atoms with Gasteiger partial charge in [0.1, 0.15) is 5.82 Å². The largest absolute Gasteiger partial charge is 0.391 e. The van der Waals surface area contributed by atoms with Crippen LogP contribution >= 0.6 is 0 Å². The van der Waals surface area contributed by atoms with Crippen LogP contribution < -0.4 is 0 Å². The highest BCUT2D eigenvalue weighted by Crippen LogP contribution is 2.33. The Labute approximate surface area is 120 Å². The Morgan fingerprint density at radius 3 is 3.00 bits per heavy atom. The highest BCUT2D eigenvalue weighted by molar-refractivity contribution is 5.90. The minimum absolute atomic E-state index is 0.0528. The van der Waals surface area contributed by atoms with Crippen molar-refractivity contribution in [3.63, 3.8) is 0 Å². The zero-order chi connectivity index (χ0) is 15.0. The summed E-state index contributed by atoms with van der Waals surface area (Å²) in [5, 5.41) is 13.4. The minimum Gasteiger partial charge on any atom is -0.391 e.